The summed E-state index contributed by atoms with van der Waals surface area (Å²) in [5, 5.41) is 14.4. The molecular formula is C21H19FN2OS. The summed E-state index contributed by atoms with van der Waals surface area (Å²) in [4.78, 5) is 6.53. The lowest BCUT2D eigenvalue weighted by Gasteiger charge is -2.13. The van der Waals surface area contributed by atoms with Gasteiger partial charge in [0.15, 0.2) is 0 Å². The van der Waals surface area contributed by atoms with E-state index >= 15 is 0 Å². The molecule has 0 fully saturated rings. The Kier molecular flexibility index (Phi) is 4.34. The Morgan fingerprint density at radius 1 is 1.15 bits per heavy atom. The lowest BCUT2D eigenvalue weighted by atomic mass is 9.96. The van der Waals surface area contributed by atoms with Crippen molar-refractivity contribution in [1.82, 2.24) is 9.88 Å². The van der Waals surface area contributed by atoms with Gasteiger partial charge < -0.3 is 10.0 Å². The predicted octanol–water partition coefficient (Wildman–Crippen LogP) is 5.07. The largest absolute Gasteiger partial charge is 0.507 e. The van der Waals surface area contributed by atoms with Gasteiger partial charge in [-0.2, -0.15) is 0 Å². The first-order valence-electron chi connectivity index (χ1n) is 8.46. The number of fused-ring (bicyclic) bond motifs is 3. The number of nitrogens with zero attached hydrogens (tertiary/aromatic N) is 2. The number of halogens is 1. The Balaban J connectivity index is 1.90. The highest BCUT2D eigenvalue weighted by molar-refractivity contribution is 7.17. The number of rotatable bonds is 4. The molecule has 2 aromatic heterocycles. The van der Waals surface area contributed by atoms with Crippen molar-refractivity contribution in [3.8, 4) is 16.9 Å². The van der Waals surface area contributed by atoms with Crippen LogP contribution in [0.1, 0.15) is 5.56 Å². The normalized spacial score (nSPS) is 11.7. The molecule has 0 aliphatic rings. The highest BCUT2D eigenvalue weighted by Gasteiger charge is 2.15. The number of hydrogen-bond donors (Lipinski definition) is 1. The maximum absolute atomic E-state index is 14.7. The Labute approximate surface area is 155 Å². The summed E-state index contributed by atoms with van der Waals surface area (Å²) in [5.41, 5.74) is 2.78. The molecule has 0 aliphatic carbocycles. The number of benzene rings is 2. The smallest absolute Gasteiger partial charge is 0.127 e. The number of aromatic nitrogens is 1. The van der Waals surface area contributed by atoms with Gasteiger partial charge in [-0.25, -0.2) is 4.39 Å². The number of thiophene rings is 1. The fourth-order valence-electron chi connectivity index (χ4n) is 3.26. The highest BCUT2D eigenvalue weighted by Crippen LogP contribution is 2.40. The average molecular weight is 366 g/mol. The number of phenolic OH excluding ortho intramolecular Hbond substituents is 1. The Hall–Kier alpha value is -2.50. The summed E-state index contributed by atoms with van der Waals surface area (Å²) >= 11 is 1.60. The number of pyridine rings is 1. The van der Waals surface area contributed by atoms with Gasteiger partial charge in [-0.1, -0.05) is 12.1 Å². The van der Waals surface area contributed by atoms with Gasteiger partial charge in [-0.3, -0.25) is 4.98 Å². The van der Waals surface area contributed by atoms with Crippen molar-refractivity contribution in [2.45, 2.75) is 6.42 Å². The van der Waals surface area contributed by atoms with Crippen LogP contribution in [-0.4, -0.2) is 35.6 Å². The van der Waals surface area contributed by atoms with Crippen molar-refractivity contribution >= 4 is 32.3 Å². The van der Waals surface area contributed by atoms with Crippen molar-refractivity contribution in [2.75, 3.05) is 20.6 Å². The third-order valence-electron chi connectivity index (χ3n) is 4.62. The fraction of sp³-hybridized carbons (Fsp3) is 0.190. The van der Waals surface area contributed by atoms with E-state index in [4.69, 9.17) is 0 Å². The Morgan fingerprint density at radius 2 is 2.00 bits per heavy atom. The topological polar surface area (TPSA) is 36.4 Å². The van der Waals surface area contributed by atoms with E-state index in [1.165, 1.54) is 6.07 Å². The van der Waals surface area contributed by atoms with Gasteiger partial charge in [0.1, 0.15) is 11.6 Å². The van der Waals surface area contributed by atoms with E-state index < -0.39 is 0 Å². The van der Waals surface area contributed by atoms with Crippen LogP contribution in [0.5, 0.6) is 5.75 Å². The molecule has 1 N–H and O–H groups in total. The second kappa shape index (κ2) is 6.67. The molecule has 4 rings (SSSR count). The second-order valence-electron chi connectivity index (χ2n) is 6.67. The standard InChI is InChI=1S/C21H19FN2OS/c1-24(2)9-7-13-3-4-14(11-16(13)22)20-18(25)6-5-17-21(20)15-8-10-26-19(15)12-23-17/h3-6,8,10-12,25H,7,9H2,1-2H3. The molecule has 0 spiro atoms. The van der Waals surface area contributed by atoms with Crippen LogP contribution in [0.4, 0.5) is 4.39 Å². The van der Waals surface area contributed by atoms with E-state index in [-0.39, 0.29) is 11.6 Å². The Morgan fingerprint density at radius 3 is 2.77 bits per heavy atom. The van der Waals surface area contributed by atoms with Crippen LogP contribution < -0.4 is 0 Å². The van der Waals surface area contributed by atoms with Crippen LogP contribution in [0.2, 0.25) is 0 Å². The molecule has 5 heteroatoms. The van der Waals surface area contributed by atoms with Crippen molar-refractivity contribution < 1.29 is 9.50 Å². The second-order valence-corrected chi connectivity index (χ2v) is 7.62. The van der Waals surface area contributed by atoms with Crippen molar-refractivity contribution in [2.24, 2.45) is 0 Å². The van der Waals surface area contributed by atoms with Crippen molar-refractivity contribution in [1.29, 1.82) is 0 Å². The summed E-state index contributed by atoms with van der Waals surface area (Å²) in [6.07, 6.45) is 2.49. The average Bonchev–Trinajstić information content (AvgIpc) is 3.09. The van der Waals surface area contributed by atoms with Crippen LogP contribution >= 0.6 is 11.3 Å². The van der Waals surface area contributed by atoms with Crippen LogP contribution in [0.25, 0.3) is 32.1 Å². The molecule has 0 aliphatic heterocycles. The summed E-state index contributed by atoms with van der Waals surface area (Å²) in [6, 6.07) is 10.7. The minimum atomic E-state index is -0.244. The molecule has 0 radical (unpaired) electrons. The van der Waals surface area contributed by atoms with Crippen LogP contribution in [0, 0.1) is 5.82 Å². The van der Waals surface area contributed by atoms with E-state index in [0.717, 1.165) is 27.5 Å². The molecule has 2 aromatic carbocycles. The molecule has 132 valence electrons. The van der Waals surface area contributed by atoms with E-state index in [9.17, 15) is 9.50 Å². The van der Waals surface area contributed by atoms with Gasteiger partial charge in [0.25, 0.3) is 0 Å². The first-order chi connectivity index (χ1) is 12.5. The summed E-state index contributed by atoms with van der Waals surface area (Å²) in [6.45, 7) is 0.787. The highest BCUT2D eigenvalue weighted by atomic mass is 32.1. The molecule has 4 aromatic rings. The first kappa shape index (κ1) is 16.9. The molecule has 0 atom stereocenters. The zero-order valence-electron chi connectivity index (χ0n) is 14.7. The maximum Gasteiger partial charge on any atom is 0.127 e. The molecule has 26 heavy (non-hydrogen) atoms. The van der Waals surface area contributed by atoms with Crippen molar-refractivity contribution in [3.63, 3.8) is 0 Å². The van der Waals surface area contributed by atoms with E-state index in [1.807, 2.05) is 48.8 Å². The molecule has 0 bridgehead atoms. The minimum absolute atomic E-state index is 0.137. The van der Waals surface area contributed by atoms with E-state index in [0.29, 0.717) is 23.1 Å². The molecule has 0 saturated carbocycles. The number of aromatic hydroxyl groups is 1. The lowest BCUT2D eigenvalue weighted by Crippen LogP contribution is -2.15. The van der Waals surface area contributed by atoms with Gasteiger partial charge in [-0.05, 0) is 61.3 Å². The zero-order valence-corrected chi connectivity index (χ0v) is 15.5. The van der Waals surface area contributed by atoms with Gasteiger partial charge >= 0.3 is 0 Å². The third-order valence-corrected chi connectivity index (χ3v) is 5.47. The minimum Gasteiger partial charge on any atom is -0.507 e. The SMILES string of the molecule is CN(C)CCc1ccc(-c2c(O)ccc3ncc4sccc4c23)cc1F. The monoisotopic (exact) mass is 366 g/mol. The summed E-state index contributed by atoms with van der Waals surface area (Å²) < 4.78 is 15.7. The predicted molar refractivity (Wildman–Crippen MR) is 106 cm³/mol. The zero-order chi connectivity index (χ0) is 18.3. The van der Waals surface area contributed by atoms with Crippen LogP contribution in [0.3, 0.4) is 0 Å². The quantitative estimate of drug-likeness (QED) is 0.548. The summed E-state index contributed by atoms with van der Waals surface area (Å²) in [5.74, 6) is -0.107. The summed E-state index contributed by atoms with van der Waals surface area (Å²) in [7, 11) is 3.94. The third kappa shape index (κ3) is 2.93. The van der Waals surface area contributed by atoms with Gasteiger partial charge in [-0.15, -0.1) is 11.3 Å². The maximum atomic E-state index is 14.7. The molecule has 0 saturated heterocycles. The fourth-order valence-corrected chi connectivity index (χ4v) is 4.02. The van der Waals surface area contributed by atoms with Crippen LogP contribution in [0.15, 0.2) is 48.0 Å². The molecule has 2 heterocycles. The number of phenols is 1. The lowest BCUT2D eigenvalue weighted by molar-refractivity contribution is 0.410. The molecule has 0 unspecified atom stereocenters. The molecular weight excluding hydrogens is 347 g/mol. The molecule has 0 amide bonds. The van der Waals surface area contributed by atoms with Gasteiger partial charge in [0.05, 0.1) is 10.2 Å². The van der Waals surface area contributed by atoms with Crippen LogP contribution in [-0.2, 0) is 6.42 Å². The number of hydrogen-bond acceptors (Lipinski definition) is 4. The van der Waals surface area contributed by atoms with Gasteiger partial charge in [0.2, 0.25) is 0 Å². The number of likely N-dealkylation sites (N-methyl/N-ethyl adjacent to an activating group) is 1. The van der Waals surface area contributed by atoms with E-state index in [2.05, 4.69) is 4.98 Å². The molecule has 3 nitrogen and oxygen atoms in total. The van der Waals surface area contributed by atoms with E-state index in [1.54, 1.807) is 23.5 Å². The first-order valence-corrected chi connectivity index (χ1v) is 9.34. The Bertz CT molecular complexity index is 1100. The van der Waals surface area contributed by atoms with Gasteiger partial charge in [0, 0.05) is 29.1 Å². The van der Waals surface area contributed by atoms with Crippen molar-refractivity contribution in [3.05, 3.63) is 59.4 Å².